The van der Waals surface area contributed by atoms with E-state index in [1.54, 1.807) is 47.4 Å². The monoisotopic (exact) mass is 476 g/mol. The van der Waals surface area contributed by atoms with Crippen LogP contribution < -0.4 is 10.0 Å². The molecular weight excluding hydrogens is 456 g/mol. The summed E-state index contributed by atoms with van der Waals surface area (Å²) in [6.07, 6.45) is 3.32. The number of hydrogen-bond donors (Lipinski definition) is 2. The van der Waals surface area contributed by atoms with Crippen molar-refractivity contribution in [1.29, 1.82) is 0 Å². The van der Waals surface area contributed by atoms with Gasteiger partial charge in [-0.2, -0.15) is 5.10 Å². The fraction of sp³-hybridized carbons (Fsp3) is 0.200. The van der Waals surface area contributed by atoms with Gasteiger partial charge in [0.1, 0.15) is 0 Å². The Bertz CT molecular complexity index is 1130. The molecule has 29 heavy (non-hydrogen) atoms. The van der Waals surface area contributed by atoms with Crippen LogP contribution in [0, 0.1) is 0 Å². The molecule has 0 fully saturated rings. The molecule has 0 radical (unpaired) electrons. The molecule has 2 N–H and O–H groups in total. The van der Waals surface area contributed by atoms with Crippen LogP contribution in [0.1, 0.15) is 31.1 Å². The molecule has 2 aromatic carbocycles. The van der Waals surface area contributed by atoms with Gasteiger partial charge in [0.2, 0.25) is 0 Å². The molecule has 0 aliphatic heterocycles. The fourth-order valence-electron chi connectivity index (χ4n) is 2.51. The van der Waals surface area contributed by atoms with Crippen LogP contribution in [0.2, 0.25) is 0 Å². The summed E-state index contributed by atoms with van der Waals surface area (Å²) < 4.78 is 30.1. The van der Waals surface area contributed by atoms with Crippen molar-refractivity contribution in [1.82, 2.24) is 9.78 Å². The smallest absolute Gasteiger partial charge is 0.261 e. The average molecular weight is 477 g/mol. The molecule has 7 nitrogen and oxygen atoms in total. The van der Waals surface area contributed by atoms with Crippen molar-refractivity contribution in [2.24, 2.45) is 0 Å². The standard InChI is InChI=1S/C20H21BrN4O3S/c1-20(2,3)25-13-17(12-22-25)23-19(26)14-5-4-6-16(11-14)24-29(27,28)18-9-7-15(21)8-10-18/h4-13,24H,1-3H3,(H,23,26). The zero-order chi connectivity index (χ0) is 21.2. The van der Waals surface area contributed by atoms with E-state index in [1.165, 1.54) is 18.2 Å². The van der Waals surface area contributed by atoms with Crippen molar-refractivity contribution in [3.05, 3.63) is 71.0 Å². The average Bonchev–Trinajstić information content (AvgIpc) is 3.11. The predicted octanol–water partition coefficient (Wildman–Crippen LogP) is 4.45. The third kappa shape index (κ3) is 5.24. The van der Waals surface area contributed by atoms with E-state index in [4.69, 9.17) is 0 Å². The number of aromatic nitrogens is 2. The highest BCUT2D eigenvalue weighted by Crippen LogP contribution is 2.20. The Kier molecular flexibility index (Phi) is 5.81. The van der Waals surface area contributed by atoms with E-state index in [2.05, 4.69) is 31.1 Å². The van der Waals surface area contributed by atoms with E-state index < -0.39 is 10.0 Å². The summed E-state index contributed by atoms with van der Waals surface area (Å²) in [4.78, 5) is 12.7. The third-order valence-electron chi connectivity index (χ3n) is 4.03. The maximum absolute atomic E-state index is 12.6. The summed E-state index contributed by atoms with van der Waals surface area (Å²) in [7, 11) is -3.76. The van der Waals surface area contributed by atoms with Crippen LogP contribution >= 0.6 is 15.9 Å². The second kappa shape index (κ2) is 8.00. The molecule has 0 saturated heterocycles. The number of sulfonamides is 1. The van der Waals surface area contributed by atoms with Crippen LogP contribution in [0.4, 0.5) is 11.4 Å². The molecule has 0 unspecified atom stereocenters. The summed E-state index contributed by atoms with van der Waals surface area (Å²) in [6.45, 7) is 6.02. The van der Waals surface area contributed by atoms with Crippen molar-refractivity contribution >= 4 is 43.2 Å². The summed E-state index contributed by atoms with van der Waals surface area (Å²) in [5.41, 5.74) is 0.982. The number of amides is 1. The Morgan fingerprint density at radius 3 is 2.38 bits per heavy atom. The van der Waals surface area contributed by atoms with Gasteiger partial charge in [-0.25, -0.2) is 8.42 Å². The first kappa shape index (κ1) is 21.1. The topological polar surface area (TPSA) is 93.1 Å². The minimum atomic E-state index is -3.76. The molecular formula is C20H21BrN4O3S. The minimum absolute atomic E-state index is 0.130. The molecule has 1 amide bonds. The lowest BCUT2D eigenvalue weighted by Gasteiger charge is -2.18. The van der Waals surface area contributed by atoms with Gasteiger partial charge in [-0.15, -0.1) is 0 Å². The third-order valence-corrected chi connectivity index (χ3v) is 5.95. The van der Waals surface area contributed by atoms with Gasteiger partial charge in [0, 0.05) is 21.9 Å². The number of rotatable bonds is 5. The lowest BCUT2D eigenvalue weighted by atomic mass is 10.1. The van der Waals surface area contributed by atoms with Gasteiger partial charge in [-0.3, -0.25) is 14.2 Å². The Labute approximate surface area is 178 Å². The van der Waals surface area contributed by atoms with E-state index in [-0.39, 0.29) is 16.3 Å². The van der Waals surface area contributed by atoms with Crippen molar-refractivity contribution in [3.63, 3.8) is 0 Å². The normalized spacial score (nSPS) is 11.9. The number of hydrogen-bond acceptors (Lipinski definition) is 4. The van der Waals surface area contributed by atoms with Crippen molar-refractivity contribution < 1.29 is 13.2 Å². The van der Waals surface area contributed by atoms with Gasteiger partial charge >= 0.3 is 0 Å². The molecule has 1 aromatic heterocycles. The second-order valence-corrected chi connectivity index (χ2v) is 10.0. The largest absolute Gasteiger partial charge is 0.319 e. The molecule has 0 saturated carbocycles. The highest BCUT2D eigenvalue weighted by Gasteiger charge is 2.17. The molecule has 3 rings (SSSR count). The summed E-state index contributed by atoms with van der Waals surface area (Å²) in [5.74, 6) is -0.358. The molecule has 152 valence electrons. The van der Waals surface area contributed by atoms with Crippen LogP contribution in [-0.4, -0.2) is 24.1 Å². The first-order valence-electron chi connectivity index (χ1n) is 8.79. The molecule has 0 atom stereocenters. The number of nitrogens with one attached hydrogen (secondary N) is 2. The van der Waals surface area contributed by atoms with Gasteiger partial charge in [0.05, 0.1) is 22.3 Å². The number of anilines is 2. The highest BCUT2D eigenvalue weighted by molar-refractivity contribution is 9.10. The van der Waals surface area contributed by atoms with Crippen LogP contribution in [0.25, 0.3) is 0 Å². The molecule has 0 spiro atoms. The summed E-state index contributed by atoms with van der Waals surface area (Å²) >= 11 is 3.28. The molecule has 0 bridgehead atoms. The van der Waals surface area contributed by atoms with Gasteiger partial charge in [-0.1, -0.05) is 22.0 Å². The predicted molar refractivity (Wildman–Crippen MR) is 117 cm³/mol. The van der Waals surface area contributed by atoms with Gasteiger partial charge in [-0.05, 0) is 63.2 Å². The lowest BCUT2D eigenvalue weighted by molar-refractivity contribution is 0.102. The Morgan fingerprint density at radius 1 is 1.07 bits per heavy atom. The number of halogens is 1. The zero-order valence-electron chi connectivity index (χ0n) is 16.2. The van der Waals surface area contributed by atoms with Gasteiger partial charge in [0.15, 0.2) is 0 Å². The molecule has 1 heterocycles. The summed E-state index contributed by atoms with van der Waals surface area (Å²) in [6, 6.07) is 12.6. The van der Waals surface area contributed by atoms with Crippen LogP contribution in [0.15, 0.2) is 70.3 Å². The molecule has 0 aliphatic carbocycles. The van der Waals surface area contributed by atoms with Crippen molar-refractivity contribution in [2.45, 2.75) is 31.2 Å². The maximum Gasteiger partial charge on any atom is 0.261 e. The minimum Gasteiger partial charge on any atom is -0.319 e. The SMILES string of the molecule is CC(C)(C)n1cc(NC(=O)c2cccc(NS(=O)(=O)c3ccc(Br)cc3)c2)cn1. The van der Waals surface area contributed by atoms with E-state index in [1.807, 2.05) is 20.8 Å². The van der Waals surface area contributed by atoms with Crippen LogP contribution in [-0.2, 0) is 15.6 Å². The van der Waals surface area contributed by atoms with Crippen LogP contribution in [0.5, 0.6) is 0 Å². The van der Waals surface area contributed by atoms with Crippen molar-refractivity contribution in [3.8, 4) is 0 Å². The number of carbonyl (C=O) groups is 1. The highest BCUT2D eigenvalue weighted by atomic mass is 79.9. The maximum atomic E-state index is 12.6. The van der Waals surface area contributed by atoms with E-state index in [0.29, 0.717) is 16.9 Å². The first-order chi connectivity index (χ1) is 13.5. The van der Waals surface area contributed by atoms with Crippen molar-refractivity contribution in [2.75, 3.05) is 10.0 Å². The Morgan fingerprint density at radius 2 is 1.76 bits per heavy atom. The molecule has 0 aliphatic rings. The first-order valence-corrected chi connectivity index (χ1v) is 11.1. The molecule has 9 heteroatoms. The molecule has 3 aromatic rings. The summed E-state index contributed by atoms with van der Waals surface area (Å²) in [5, 5.41) is 7.02. The Hall–Kier alpha value is -2.65. The zero-order valence-corrected chi connectivity index (χ0v) is 18.6. The quantitative estimate of drug-likeness (QED) is 0.568. The number of carbonyl (C=O) groups excluding carboxylic acids is 1. The van der Waals surface area contributed by atoms with E-state index >= 15 is 0 Å². The van der Waals surface area contributed by atoms with Crippen LogP contribution in [0.3, 0.4) is 0 Å². The number of nitrogens with zero attached hydrogens (tertiary/aromatic N) is 2. The van der Waals surface area contributed by atoms with E-state index in [0.717, 1.165) is 4.47 Å². The van der Waals surface area contributed by atoms with Gasteiger partial charge in [0.25, 0.3) is 15.9 Å². The van der Waals surface area contributed by atoms with Gasteiger partial charge < -0.3 is 5.32 Å². The fourth-order valence-corrected chi connectivity index (χ4v) is 3.82. The second-order valence-electron chi connectivity index (χ2n) is 7.44. The lowest BCUT2D eigenvalue weighted by Crippen LogP contribution is -2.22. The number of benzene rings is 2. The Balaban J connectivity index is 1.76. The van der Waals surface area contributed by atoms with E-state index in [9.17, 15) is 13.2 Å².